The van der Waals surface area contributed by atoms with Gasteiger partial charge in [0.1, 0.15) is 11.6 Å². The molecule has 0 bridgehead atoms. The summed E-state index contributed by atoms with van der Waals surface area (Å²) in [7, 11) is 1.69. The van der Waals surface area contributed by atoms with E-state index >= 15 is 0 Å². The number of aryl methyl sites for hydroxylation is 1. The van der Waals surface area contributed by atoms with Gasteiger partial charge >= 0.3 is 0 Å². The molecule has 1 aromatic heterocycles. The van der Waals surface area contributed by atoms with Gasteiger partial charge in [-0.1, -0.05) is 13.8 Å². The molecule has 1 heterocycles. The summed E-state index contributed by atoms with van der Waals surface area (Å²) >= 11 is 6.28. The zero-order valence-corrected chi connectivity index (χ0v) is 13.4. The predicted octanol–water partition coefficient (Wildman–Crippen LogP) is 4.78. The van der Waals surface area contributed by atoms with Crippen molar-refractivity contribution >= 4 is 22.6 Å². The van der Waals surface area contributed by atoms with Gasteiger partial charge in [-0.15, -0.1) is 11.6 Å². The van der Waals surface area contributed by atoms with Crippen LogP contribution in [0.25, 0.3) is 11.0 Å². The molecule has 110 valence electrons. The van der Waals surface area contributed by atoms with E-state index in [1.807, 2.05) is 25.1 Å². The second-order valence-corrected chi connectivity index (χ2v) is 6.28. The number of rotatable bonds is 6. The van der Waals surface area contributed by atoms with Gasteiger partial charge in [0.15, 0.2) is 0 Å². The zero-order chi connectivity index (χ0) is 14.7. The lowest BCUT2D eigenvalue weighted by atomic mass is 10.1. The number of methoxy groups -OCH3 is 1. The number of aromatic nitrogens is 2. The Kier molecular flexibility index (Phi) is 4.92. The molecule has 1 atom stereocenters. The lowest BCUT2D eigenvalue weighted by Crippen LogP contribution is -2.05. The largest absolute Gasteiger partial charge is 0.497 e. The fourth-order valence-corrected chi connectivity index (χ4v) is 2.61. The molecule has 2 aromatic rings. The molecule has 0 aliphatic heterocycles. The average molecular weight is 295 g/mol. The number of nitrogens with zero attached hydrogens (tertiary/aromatic N) is 2. The van der Waals surface area contributed by atoms with Crippen molar-refractivity contribution in [2.45, 2.75) is 45.5 Å². The third-order valence-electron chi connectivity index (χ3n) is 3.50. The molecular formula is C16H23ClN2O. The van der Waals surface area contributed by atoms with Crippen LogP contribution in [0.4, 0.5) is 0 Å². The number of hydrogen-bond donors (Lipinski definition) is 0. The van der Waals surface area contributed by atoms with E-state index in [2.05, 4.69) is 23.4 Å². The van der Waals surface area contributed by atoms with Gasteiger partial charge < -0.3 is 9.30 Å². The summed E-state index contributed by atoms with van der Waals surface area (Å²) in [5, 5.41) is -0.0903. The molecule has 0 spiro atoms. The highest BCUT2D eigenvalue weighted by molar-refractivity contribution is 6.20. The van der Waals surface area contributed by atoms with Crippen LogP contribution < -0.4 is 4.74 Å². The second-order valence-electron chi connectivity index (χ2n) is 5.63. The van der Waals surface area contributed by atoms with Gasteiger partial charge in [0.2, 0.25) is 0 Å². The number of hydrogen-bond acceptors (Lipinski definition) is 2. The minimum Gasteiger partial charge on any atom is -0.497 e. The summed E-state index contributed by atoms with van der Waals surface area (Å²) in [4.78, 5) is 4.66. The van der Waals surface area contributed by atoms with E-state index in [1.54, 1.807) is 7.11 Å². The first-order valence-electron chi connectivity index (χ1n) is 7.21. The summed E-state index contributed by atoms with van der Waals surface area (Å²) in [6.45, 7) is 7.42. The van der Waals surface area contributed by atoms with Gasteiger partial charge in [0.05, 0.1) is 23.5 Å². The summed E-state index contributed by atoms with van der Waals surface area (Å²) in [5.41, 5.74) is 2.09. The lowest BCUT2D eigenvalue weighted by molar-refractivity contribution is 0.415. The minimum absolute atomic E-state index is 0.0903. The Morgan fingerprint density at radius 1 is 1.30 bits per heavy atom. The number of halogens is 1. The van der Waals surface area contributed by atoms with Crippen LogP contribution in [0.1, 0.15) is 44.8 Å². The van der Waals surface area contributed by atoms with E-state index < -0.39 is 0 Å². The highest BCUT2D eigenvalue weighted by Gasteiger charge is 2.15. The van der Waals surface area contributed by atoms with Crippen molar-refractivity contribution in [3.63, 3.8) is 0 Å². The molecule has 0 amide bonds. The monoisotopic (exact) mass is 294 g/mol. The Labute approximate surface area is 125 Å². The maximum atomic E-state index is 6.28. The highest BCUT2D eigenvalue weighted by Crippen LogP contribution is 2.27. The van der Waals surface area contributed by atoms with Crippen molar-refractivity contribution in [2.75, 3.05) is 7.11 Å². The molecule has 0 fully saturated rings. The number of imidazole rings is 1. The third-order valence-corrected chi connectivity index (χ3v) is 3.70. The van der Waals surface area contributed by atoms with Crippen LogP contribution >= 0.6 is 11.6 Å². The van der Waals surface area contributed by atoms with E-state index in [4.69, 9.17) is 16.3 Å². The van der Waals surface area contributed by atoms with Gasteiger partial charge in [-0.3, -0.25) is 0 Å². The molecule has 3 nitrogen and oxygen atoms in total. The van der Waals surface area contributed by atoms with Crippen LogP contribution in [0.3, 0.4) is 0 Å². The summed E-state index contributed by atoms with van der Waals surface area (Å²) in [6.07, 6.45) is 2.34. The van der Waals surface area contributed by atoms with Gasteiger partial charge in [-0.25, -0.2) is 4.98 Å². The summed E-state index contributed by atoms with van der Waals surface area (Å²) in [5.74, 6) is 2.52. The van der Waals surface area contributed by atoms with Gasteiger partial charge in [0, 0.05) is 12.6 Å². The quantitative estimate of drug-likeness (QED) is 0.717. The van der Waals surface area contributed by atoms with E-state index in [1.165, 1.54) is 6.42 Å². The summed E-state index contributed by atoms with van der Waals surface area (Å²) < 4.78 is 7.55. The average Bonchev–Trinajstić information content (AvgIpc) is 2.76. The van der Waals surface area contributed by atoms with E-state index in [-0.39, 0.29) is 5.38 Å². The minimum atomic E-state index is -0.0903. The molecule has 20 heavy (non-hydrogen) atoms. The lowest BCUT2D eigenvalue weighted by Gasteiger charge is -2.12. The van der Waals surface area contributed by atoms with E-state index in [0.29, 0.717) is 0 Å². The van der Waals surface area contributed by atoms with Crippen molar-refractivity contribution in [2.24, 2.45) is 5.92 Å². The molecule has 4 heteroatoms. The van der Waals surface area contributed by atoms with E-state index in [0.717, 1.165) is 41.5 Å². The molecule has 2 rings (SSSR count). The molecule has 0 saturated carbocycles. The fraction of sp³-hybridized carbons (Fsp3) is 0.562. The van der Waals surface area contributed by atoms with Crippen molar-refractivity contribution in [3.8, 4) is 5.75 Å². The van der Waals surface area contributed by atoms with Crippen LogP contribution in [0, 0.1) is 5.92 Å². The molecule has 0 radical (unpaired) electrons. The topological polar surface area (TPSA) is 27.1 Å². The number of benzene rings is 1. The smallest absolute Gasteiger partial charge is 0.127 e. The predicted molar refractivity (Wildman–Crippen MR) is 84.6 cm³/mol. The van der Waals surface area contributed by atoms with Crippen LogP contribution in [-0.4, -0.2) is 16.7 Å². The maximum Gasteiger partial charge on any atom is 0.127 e. The third kappa shape index (κ3) is 3.26. The maximum absolute atomic E-state index is 6.28. The summed E-state index contributed by atoms with van der Waals surface area (Å²) in [6, 6.07) is 5.98. The Bertz CT molecular complexity index is 575. The van der Waals surface area contributed by atoms with E-state index in [9.17, 15) is 0 Å². The van der Waals surface area contributed by atoms with Crippen LogP contribution in [-0.2, 0) is 6.54 Å². The standard InChI is InChI=1S/C16H23ClN2O/c1-11(2)6-5-9-19-15-10-13(20-4)7-8-14(15)18-16(19)12(3)17/h7-8,10-12H,5-6,9H2,1-4H3. The van der Waals surface area contributed by atoms with Crippen molar-refractivity contribution < 1.29 is 4.74 Å². The first-order valence-corrected chi connectivity index (χ1v) is 7.64. The van der Waals surface area contributed by atoms with Crippen molar-refractivity contribution in [1.29, 1.82) is 0 Å². The molecule has 0 N–H and O–H groups in total. The number of alkyl halides is 1. The molecule has 0 aliphatic carbocycles. The normalized spacial score (nSPS) is 13.1. The van der Waals surface area contributed by atoms with Crippen LogP contribution in [0.5, 0.6) is 5.75 Å². The molecular weight excluding hydrogens is 272 g/mol. The fourth-order valence-electron chi connectivity index (χ4n) is 2.44. The first-order chi connectivity index (χ1) is 9.52. The van der Waals surface area contributed by atoms with Crippen molar-refractivity contribution in [1.82, 2.24) is 9.55 Å². The molecule has 1 unspecified atom stereocenters. The zero-order valence-electron chi connectivity index (χ0n) is 12.7. The molecule has 1 aromatic carbocycles. The Morgan fingerprint density at radius 3 is 2.65 bits per heavy atom. The van der Waals surface area contributed by atoms with Crippen LogP contribution in [0.15, 0.2) is 18.2 Å². The number of fused-ring (bicyclic) bond motifs is 1. The highest BCUT2D eigenvalue weighted by atomic mass is 35.5. The molecule has 0 saturated heterocycles. The Morgan fingerprint density at radius 2 is 2.05 bits per heavy atom. The Hall–Kier alpha value is -1.22. The SMILES string of the molecule is COc1ccc2nc(C(C)Cl)n(CCCC(C)C)c2c1. The number of ether oxygens (including phenoxy) is 1. The van der Waals surface area contributed by atoms with Gasteiger partial charge in [0.25, 0.3) is 0 Å². The van der Waals surface area contributed by atoms with Gasteiger partial charge in [-0.2, -0.15) is 0 Å². The van der Waals surface area contributed by atoms with Crippen LogP contribution in [0.2, 0.25) is 0 Å². The second kappa shape index (κ2) is 6.49. The molecule has 0 aliphatic rings. The Balaban J connectivity index is 2.38. The van der Waals surface area contributed by atoms with Crippen molar-refractivity contribution in [3.05, 3.63) is 24.0 Å². The van der Waals surface area contributed by atoms with Gasteiger partial charge in [-0.05, 0) is 37.8 Å². The first kappa shape index (κ1) is 15.2.